The van der Waals surface area contributed by atoms with Crippen molar-refractivity contribution in [2.45, 2.75) is 19.0 Å². The second kappa shape index (κ2) is 8.31. The van der Waals surface area contributed by atoms with Gasteiger partial charge in [0, 0.05) is 44.0 Å². The molecule has 0 spiro atoms. The van der Waals surface area contributed by atoms with Crippen LogP contribution in [0.5, 0.6) is 0 Å². The fraction of sp³-hybridized carbons (Fsp3) is 0.409. The number of carbonyl (C=O) groups excluding carboxylic acids is 1. The molecule has 2 aromatic rings. The predicted octanol–water partition coefficient (Wildman–Crippen LogP) is 3.38. The van der Waals surface area contributed by atoms with Gasteiger partial charge >= 0.3 is 6.18 Å². The third-order valence-corrected chi connectivity index (χ3v) is 7.09. The number of aryl methyl sites for hydroxylation is 1. The number of alkyl halides is 3. The van der Waals surface area contributed by atoms with Gasteiger partial charge in [-0.05, 0) is 54.8 Å². The Labute approximate surface area is 185 Å². The van der Waals surface area contributed by atoms with Crippen LogP contribution in [-0.4, -0.2) is 58.2 Å². The standard InChI is InChI=1S/C22H24F3N3O3S/c1-32(30,31)28-9-3-4-16-14-17(7-8-20(16)28)21(29)27-12-10-26(11-13-27)19-6-2-5-18(15-19)22(23,24)25/h2,5-8,14-15H,3-4,9-13H2,1H3. The molecule has 0 N–H and O–H groups in total. The van der Waals surface area contributed by atoms with E-state index in [1.54, 1.807) is 29.2 Å². The molecule has 10 heteroatoms. The van der Waals surface area contributed by atoms with Crippen molar-refractivity contribution in [3.8, 4) is 0 Å². The summed E-state index contributed by atoms with van der Waals surface area (Å²) < 4.78 is 64.4. The zero-order valence-corrected chi connectivity index (χ0v) is 18.4. The minimum absolute atomic E-state index is 0.159. The van der Waals surface area contributed by atoms with Gasteiger partial charge in [-0.3, -0.25) is 9.10 Å². The van der Waals surface area contributed by atoms with E-state index in [9.17, 15) is 26.4 Å². The van der Waals surface area contributed by atoms with Gasteiger partial charge in [0.1, 0.15) is 0 Å². The molecule has 1 saturated heterocycles. The first-order valence-electron chi connectivity index (χ1n) is 10.4. The van der Waals surface area contributed by atoms with Gasteiger partial charge in [0.05, 0.1) is 17.5 Å². The first-order valence-corrected chi connectivity index (χ1v) is 12.2. The molecule has 2 aliphatic heterocycles. The number of piperazine rings is 1. The molecule has 0 bridgehead atoms. The zero-order valence-electron chi connectivity index (χ0n) is 17.6. The van der Waals surface area contributed by atoms with Crippen molar-refractivity contribution in [3.05, 3.63) is 59.2 Å². The monoisotopic (exact) mass is 467 g/mol. The smallest absolute Gasteiger partial charge is 0.368 e. The number of sulfonamides is 1. The van der Waals surface area contributed by atoms with Gasteiger partial charge in [0.2, 0.25) is 10.0 Å². The quantitative estimate of drug-likeness (QED) is 0.695. The highest BCUT2D eigenvalue weighted by atomic mass is 32.2. The molecule has 2 aromatic carbocycles. The van der Waals surface area contributed by atoms with Crippen molar-refractivity contribution >= 4 is 27.3 Å². The Kier molecular flexibility index (Phi) is 5.83. The van der Waals surface area contributed by atoms with Crippen LogP contribution in [0, 0.1) is 0 Å². The van der Waals surface area contributed by atoms with E-state index in [2.05, 4.69) is 0 Å². The van der Waals surface area contributed by atoms with Gasteiger partial charge in [-0.25, -0.2) is 8.42 Å². The normalized spacial score (nSPS) is 17.3. The molecule has 1 fully saturated rings. The fourth-order valence-corrected chi connectivity index (χ4v) is 5.27. The number of fused-ring (bicyclic) bond motifs is 1. The maximum Gasteiger partial charge on any atom is 0.416 e. The van der Waals surface area contributed by atoms with Gasteiger partial charge in [-0.15, -0.1) is 0 Å². The summed E-state index contributed by atoms with van der Waals surface area (Å²) in [7, 11) is -3.38. The molecule has 32 heavy (non-hydrogen) atoms. The van der Waals surface area contributed by atoms with E-state index in [1.165, 1.54) is 16.6 Å². The van der Waals surface area contributed by atoms with Gasteiger partial charge < -0.3 is 9.80 Å². The summed E-state index contributed by atoms with van der Waals surface area (Å²) in [5.74, 6) is -0.159. The molecule has 0 saturated carbocycles. The minimum Gasteiger partial charge on any atom is -0.368 e. The molecule has 2 aliphatic rings. The van der Waals surface area contributed by atoms with E-state index in [0.29, 0.717) is 62.5 Å². The number of anilines is 2. The Morgan fingerprint density at radius 3 is 2.34 bits per heavy atom. The maximum absolute atomic E-state index is 13.0. The Balaban J connectivity index is 1.45. The third kappa shape index (κ3) is 4.55. The van der Waals surface area contributed by atoms with Crippen molar-refractivity contribution in [1.29, 1.82) is 0 Å². The van der Waals surface area contributed by atoms with Crippen LogP contribution in [0.15, 0.2) is 42.5 Å². The van der Waals surface area contributed by atoms with E-state index in [-0.39, 0.29) is 5.91 Å². The molecule has 0 unspecified atom stereocenters. The van der Waals surface area contributed by atoms with Crippen LogP contribution in [0.4, 0.5) is 24.5 Å². The van der Waals surface area contributed by atoms with Crippen LogP contribution in [0.2, 0.25) is 0 Å². The van der Waals surface area contributed by atoms with Crippen molar-refractivity contribution in [2.24, 2.45) is 0 Å². The lowest BCUT2D eigenvalue weighted by molar-refractivity contribution is -0.137. The highest BCUT2D eigenvalue weighted by Gasteiger charge is 2.31. The lowest BCUT2D eigenvalue weighted by atomic mass is 10.00. The second-order valence-electron chi connectivity index (χ2n) is 8.11. The Morgan fingerprint density at radius 1 is 0.969 bits per heavy atom. The second-order valence-corrected chi connectivity index (χ2v) is 10.0. The van der Waals surface area contributed by atoms with Crippen LogP contribution in [0.3, 0.4) is 0 Å². The van der Waals surface area contributed by atoms with Gasteiger partial charge in [0.15, 0.2) is 0 Å². The highest BCUT2D eigenvalue weighted by molar-refractivity contribution is 7.92. The Morgan fingerprint density at radius 2 is 1.69 bits per heavy atom. The number of carbonyl (C=O) groups is 1. The van der Waals surface area contributed by atoms with E-state index in [4.69, 9.17) is 0 Å². The van der Waals surface area contributed by atoms with Crippen molar-refractivity contribution in [1.82, 2.24) is 4.90 Å². The van der Waals surface area contributed by atoms with Crippen LogP contribution < -0.4 is 9.21 Å². The molecule has 2 heterocycles. The number of nitrogens with zero attached hydrogens (tertiary/aromatic N) is 3. The summed E-state index contributed by atoms with van der Waals surface area (Å²) in [5.41, 5.74) is 1.73. The predicted molar refractivity (Wildman–Crippen MR) is 117 cm³/mol. The molecule has 4 rings (SSSR count). The Bertz CT molecular complexity index is 1130. The van der Waals surface area contributed by atoms with Gasteiger partial charge in [0.25, 0.3) is 5.91 Å². The lowest BCUT2D eigenvalue weighted by Gasteiger charge is -2.36. The molecular formula is C22H24F3N3O3S. The first kappa shape index (κ1) is 22.4. The molecule has 0 aromatic heterocycles. The largest absolute Gasteiger partial charge is 0.416 e. The summed E-state index contributed by atoms with van der Waals surface area (Å²) in [6.07, 6.45) is -1.84. The van der Waals surface area contributed by atoms with Crippen LogP contribution in [-0.2, 0) is 22.6 Å². The third-order valence-electron chi connectivity index (χ3n) is 5.91. The van der Waals surface area contributed by atoms with Crippen molar-refractivity contribution in [2.75, 3.05) is 48.2 Å². The average molecular weight is 468 g/mol. The minimum atomic E-state index is -4.40. The number of hydrogen-bond donors (Lipinski definition) is 0. The summed E-state index contributed by atoms with van der Waals surface area (Å²) in [5, 5.41) is 0. The zero-order chi connectivity index (χ0) is 23.1. The number of rotatable bonds is 3. The summed E-state index contributed by atoms with van der Waals surface area (Å²) in [4.78, 5) is 16.5. The SMILES string of the molecule is CS(=O)(=O)N1CCCc2cc(C(=O)N3CCN(c4cccc(C(F)(F)F)c4)CC3)ccc21. The number of benzene rings is 2. The molecule has 0 atom stereocenters. The average Bonchev–Trinajstić information content (AvgIpc) is 2.77. The topological polar surface area (TPSA) is 60.9 Å². The number of amides is 1. The van der Waals surface area contributed by atoms with Crippen LogP contribution >= 0.6 is 0 Å². The van der Waals surface area contributed by atoms with E-state index in [0.717, 1.165) is 17.7 Å². The molecule has 0 aliphatic carbocycles. The lowest BCUT2D eigenvalue weighted by Crippen LogP contribution is -2.48. The molecule has 1 amide bonds. The number of hydrogen-bond acceptors (Lipinski definition) is 4. The summed E-state index contributed by atoms with van der Waals surface area (Å²) in [6, 6.07) is 10.3. The summed E-state index contributed by atoms with van der Waals surface area (Å²) >= 11 is 0. The van der Waals surface area contributed by atoms with Gasteiger partial charge in [-0.2, -0.15) is 13.2 Å². The maximum atomic E-state index is 13.0. The van der Waals surface area contributed by atoms with Gasteiger partial charge in [-0.1, -0.05) is 6.07 Å². The van der Waals surface area contributed by atoms with E-state index >= 15 is 0 Å². The molecule has 172 valence electrons. The highest BCUT2D eigenvalue weighted by Crippen LogP contribution is 2.32. The van der Waals surface area contributed by atoms with E-state index < -0.39 is 21.8 Å². The number of halogens is 3. The molecule has 6 nitrogen and oxygen atoms in total. The van der Waals surface area contributed by atoms with Crippen LogP contribution in [0.25, 0.3) is 0 Å². The molecule has 0 radical (unpaired) electrons. The fourth-order valence-electron chi connectivity index (χ4n) is 4.27. The van der Waals surface area contributed by atoms with E-state index in [1.807, 2.05) is 4.90 Å². The van der Waals surface area contributed by atoms with Crippen molar-refractivity contribution in [3.63, 3.8) is 0 Å². The van der Waals surface area contributed by atoms with Crippen LogP contribution in [0.1, 0.15) is 27.9 Å². The summed E-state index contributed by atoms with van der Waals surface area (Å²) in [6.45, 7) is 2.07. The molecular weight excluding hydrogens is 443 g/mol. The van der Waals surface area contributed by atoms with Crippen molar-refractivity contribution < 1.29 is 26.4 Å². The first-order chi connectivity index (χ1) is 15.0. The Hall–Kier alpha value is -2.75.